The molecule has 0 amide bonds. The highest BCUT2D eigenvalue weighted by Gasteiger charge is 2.28. The Balaban J connectivity index is 0.996. The lowest BCUT2D eigenvalue weighted by molar-refractivity contribution is 0.471. The quantitative estimate of drug-likeness (QED) is 0.0317. The number of azo groups is 2. The van der Waals surface area contributed by atoms with E-state index in [0.29, 0.717) is 11.4 Å². The molecule has 9 aromatic rings. The highest BCUT2D eigenvalue weighted by Crippen LogP contribution is 2.47. The Morgan fingerprint density at radius 1 is 0.397 bits per heavy atom. The Morgan fingerprint density at radius 3 is 1.05 bits per heavy atom. The molecule has 7 aromatic carbocycles. The molecule has 0 unspecified atom stereocenters. The molecule has 34 heteroatoms. The third kappa shape index (κ3) is 12.3. The number of rotatable bonds is 16. The van der Waals surface area contributed by atoms with Gasteiger partial charge in [-0.15, -0.1) is 10.2 Å². The summed E-state index contributed by atoms with van der Waals surface area (Å²) in [7, 11) is -20.3. The normalized spacial score (nSPS) is 12.4. The van der Waals surface area contributed by atoms with Gasteiger partial charge in [-0.05, 0) is 119 Å². The molecule has 0 saturated heterocycles. The Labute approximate surface area is 448 Å². The van der Waals surface area contributed by atoms with Gasteiger partial charge in [-0.25, -0.2) is 0 Å². The zero-order chi connectivity index (χ0) is 55.9. The molecule has 9 rings (SSSR count). The molecule has 0 spiro atoms. The number of halogens is 2. The lowest BCUT2D eigenvalue weighted by atomic mass is 10.1. The van der Waals surface area contributed by atoms with Crippen LogP contribution in [0.4, 0.5) is 69.3 Å². The zero-order valence-corrected chi connectivity index (χ0v) is 43.1. The maximum Gasteiger partial charge on any atom is 0.296 e. The van der Waals surface area contributed by atoms with Crippen LogP contribution in [0.5, 0.6) is 11.5 Å². The van der Waals surface area contributed by atoms with Crippen LogP contribution in [0.15, 0.2) is 161 Å². The maximum absolute atomic E-state index is 12.5. The monoisotopic (exact) mass is 1180 g/mol. The van der Waals surface area contributed by atoms with Crippen LogP contribution < -0.4 is 21.3 Å². The van der Waals surface area contributed by atoms with Gasteiger partial charge in [0.05, 0.1) is 32.5 Å². The molecular weight excluding hydrogens is 1150 g/mol. The van der Waals surface area contributed by atoms with Crippen LogP contribution in [0, 0.1) is 0 Å². The maximum atomic E-state index is 12.5. The standard InChI is InChI=1S/C44H30Cl2N14O14S4/c45-39-51-41(55-43(53-39)49-29-19-27(75(63,64)65)15-21-17-31(77(69,70)71)35(37(61)33(21)29)59-57-25-7-3-1-4-8-25)47-23-11-13-24(14-12-23)48-42-52-40(46)54-44(56-42)50-30-20-28(76(66,67)68)16-22-18-32(78(72,73)74)36(38(62)34(22)30)60-58-26-9-5-2-6-10-26/h1-20,61-62H,(H,63,64,65)(H,66,67,68)(H,69,70,71)(H,72,73,74)(H2,47,49,51,53,55)(H2,48,50,52,54,56). The number of hydrogen-bond acceptors (Lipinski definition) is 24. The summed E-state index contributed by atoms with van der Waals surface area (Å²) in [4.78, 5) is 21.2. The van der Waals surface area contributed by atoms with Crippen molar-refractivity contribution in [1.82, 2.24) is 29.9 Å². The molecule has 398 valence electrons. The lowest BCUT2D eigenvalue weighted by Crippen LogP contribution is -2.07. The van der Waals surface area contributed by atoms with Crippen molar-refractivity contribution >= 4 is 155 Å². The third-order valence-electron chi connectivity index (χ3n) is 10.5. The number of hydrogen-bond donors (Lipinski definition) is 10. The molecule has 0 radical (unpaired) electrons. The zero-order valence-electron chi connectivity index (χ0n) is 38.4. The first-order valence-corrected chi connectivity index (χ1v) is 27.8. The van der Waals surface area contributed by atoms with Crippen molar-refractivity contribution in [3.63, 3.8) is 0 Å². The van der Waals surface area contributed by atoms with E-state index in [0.717, 1.165) is 36.4 Å². The predicted molar refractivity (Wildman–Crippen MR) is 281 cm³/mol. The summed E-state index contributed by atoms with van der Waals surface area (Å²) in [6.07, 6.45) is 0. The van der Waals surface area contributed by atoms with Gasteiger partial charge in [0.15, 0.2) is 11.5 Å². The van der Waals surface area contributed by atoms with Gasteiger partial charge in [-0.1, -0.05) is 36.4 Å². The smallest absolute Gasteiger partial charge is 0.296 e. The molecule has 0 aliphatic heterocycles. The summed E-state index contributed by atoms with van der Waals surface area (Å²) < 4.78 is 140. The number of fused-ring (bicyclic) bond motifs is 2. The molecule has 0 saturated carbocycles. The van der Waals surface area contributed by atoms with Crippen molar-refractivity contribution in [3.05, 3.63) is 132 Å². The Bertz CT molecular complexity index is 4160. The molecule has 10 N–H and O–H groups in total. The van der Waals surface area contributed by atoms with E-state index in [9.17, 15) is 62.1 Å². The number of benzene rings is 7. The minimum atomic E-state index is -5.15. The van der Waals surface area contributed by atoms with Gasteiger partial charge in [0, 0.05) is 22.1 Å². The van der Waals surface area contributed by atoms with Crippen LogP contribution in [-0.4, -0.2) is 92.0 Å². The minimum Gasteiger partial charge on any atom is -0.505 e. The number of nitrogens with zero attached hydrogens (tertiary/aromatic N) is 10. The van der Waals surface area contributed by atoms with Crippen LogP contribution in [0.25, 0.3) is 21.5 Å². The summed E-state index contributed by atoms with van der Waals surface area (Å²) in [6.45, 7) is 0. The number of nitrogens with one attached hydrogen (secondary N) is 4. The fraction of sp³-hybridized carbons (Fsp3) is 0. The van der Waals surface area contributed by atoms with Crippen molar-refractivity contribution in [1.29, 1.82) is 0 Å². The van der Waals surface area contributed by atoms with Crippen LogP contribution in [0.1, 0.15) is 0 Å². The average molecular weight is 1180 g/mol. The molecule has 0 bridgehead atoms. The SMILES string of the molecule is O=S(=O)(O)c1cc(Nc2nc(Cl)nc(Nc3ccc(Nc4nc(Cl)nc(Nc5cc(S(=O)(=O)O)cc6cc(S(=O)(=O)O)c(N=Nc7ccccc7)c(O)c56)n4)cc3)n2)c2c(O)c(N=Nc3ccccc3)c(S(=O)(=O)O)cc2c1. The summed E-state index contributed by atoms with van der Waals surface area (Å²) in [5.74, 6) is -2.98. The number of aromatic nitrogens is 6. The van der Waals surface area contributed by atoms with Gasteiger partial charge in [-0.3, -0.25) is 18.2 Å². The number of aromatic hydroxyl groups is 2. The Morgan fingerprint density at radius 2 is 0.731 bits per heavy atom. The van der Waals surface area contributed by atoms with Crippen LogP contribution >= 0.6 is 23.2 Å². The van der Waals surface area contributed by atoms with E-state index in [2.05, 4.69) is 71.6 Å². The van der Waals surface area contributed by atoms with E-state index in [-0.39, 0.29) is 68.1 Å². The van der Waals surface area contributed by atoms with Crippen molar-refractivity contribution in [2.45, 2.75) is 19.6 Å². The van der Waals surface area contributed by atoms with Crippen molar-refractivity contribution in [2.24, 2.45) is 20.5 Å². The van der Waals surface area contributed by atoms with Crippen molar-refractivity contribution < 1.29 is 62.1 Å². The summed E-state index contributed by atoms with van der Waals surface area (Å²) in [5, 5.41) is 47.8. The first-order valence-electron chi connectivity index (χ1n) is 21.3. The van der Waals surface area contributed by atoms with Crippen LogP contribution in [-0.2, 0) is 40.5 Å². The van der Waals surface area contributed by atoms with Gasteiger partial charge in [0.2, 0.25) is 34.4 Å². The van der Waals surface area contributed by atoms with Gasteiger partial charge in [0.25, 0.3) is 40.5 Å². The number of phenolic OH excluding ortho intramolecular Hbond substituents is 2. The second kappa shape index (κ2) is 21.0. The van der Waals surface area contributed by atoms with E-state index in [1.807, 2.05) is 0 Å². The lowest BCUT2D eigenvalue weighted by Gasteiger charge is -2.15. The Hall–Kier alpha value is -8.70. The predicted octanol–water partition coefficient (Wildman–Crippen LogP) is 9.87. The summed E-state index contributed by atoms with van der Waals surface area (Å²) in [6, 6.07) is 26.9. The van der Waals surface area contributed by atoms with Gasteiger partial charge < -0.3 is 31.5 Å². The fourth-order valence-electron chi connectivity index (χ4n) is 7.27. The second-order valence-electron chi connectivity index (χ2n) is 15.8. The third-order valence-corrected chi connectivity index (χ3v) is 14.3. The second-order valence-corrected chi connectivity index (χ2v) is 22.1. The van der Waals surface area contributed by atoms with Crippen LogP contribution in [0.3, 0.4) is 0 Å². The molecule has 0 aliphatic rings. The highest BCUT2D eigenvalue weighted by molar-refractivity contribution is 7.86. The molecule has 0 fully saturated rings. The van der Waals surface area contributed by atoms with Crippen molar-refractivity contribution in [3.8, 4) is 11.5 Å². The summed E-state index contributed by atoms with van der Waals surface area (Å²) >= 11 is 12.5. The molecule has 28 nitrogen and oxygen atoms in total. The molecule has 2 aromatic heterocycles. The first-order chi connectivity index (χ1) is 36.8. The van der Waals surface area contributed by atoms with Crippen LogP contribution in [0.2, 0.25) is 10.6 Å². The Kier molecular flexibility index (Phi) is 14.6. The van der Waals surface area contributed by atoms with E-state index in [4.69, 9.17) is 23.2 Å². The summed E-state index contributed by atoms with van der Waals surface area (Å²) in [5.41, 5.74) is -1.05. The average Bonchev–Trinajstić information content (AvgIpc) is 3.48. The number of anilines is 8. The highest BCUT2D eigenvalue weighted by atomic mass is 35.5. The first kappa shape index (κ1) is 54.1. The van der Waals surface area contributed by atoms with E-state index in [1.165, 1.54) is 48.5 Å². The molecular formula is C44H30Cl2N14O14S4. The van der Waals surface area contributed by atoms with E-state index in [1.54, 1.807) is 36.4 Å². The van der Waals surface area contributed by atoms with Gasteiger partial charge in [0.1, 0.15) is 21.2 Å². The molecule has 0 atom stereocenters. The van der Waals surface area contributed by atoms with Crippen molar-refractivity contribution in [2.75, 3.05) is 21.3 Å². The fourth-order valence-corrected chi connectivity index (χ4v) is 9.99. The van der Waals surface area contributed by atoms with E-state index < -0.39 is 93.5 Å². The van der Waals surface area contributed by atoms with Gasteiger partial charge in [-0.2, -0.15) is 73.8 Å². The number of phenols is 2. The molecule has 78 heavy (non-hydrogen) atoms. The minimum absolute atomic E-state index is 0.208. The van der Waals surface area contributed by atoms with Gasteiger partial charge >= 0.3 is 0 Å². The molecule has 2 heterocycles. The molecule has 0 aliphatic carbocycles. The topological polar surface area (TPSA) is 433 Å². The van der Waals surface area contributed by atoms with E-state index >= 15 is 0 Å². The largest absolute Gasteiger partial charge is 0.505 e.